The highest BCUT2D eigenvalue weighted by molar-refractivity contribution is 7.99. The first kappa shape index (κ1) is 16.1. The molecule has 0 saturated heterocycles. The number of hydrogen-bond acceptors (Lipinski definition) is 3. The first-order valence-corrected chi connectivity index (χ1v) is 7.63. The van der Waals surface area contributed by atoms with Crippen molar-refractivity contribution < 1.29 is 18.3 Å². The lowest BCUT2D eigenvalue weighted by molar-refractivity contribution is -0.183. The van der Waals surface area contributed by atoms with Gasteiger partial charge >= 0.3 is 6.18 Å². The molecule has 0 heterocycles. The molecule has 0 amide bonds. The van der Waals surface area contributed by atoms with Crippen LogP contribution in [0.4, 0.5) is 13.2 Å². The number of thioether (sulfide) groups is 1. The van der Waals surface area contributed by atoms with Gasteiger partial charge in [-0.25, -0.2) is 0 Å². The molecule has 2 nitrogen and oxygen atoms in total. The van der Waals surface area contributed by atoms with Crippen LogP contribution in [0.2, 0.25) is 0 Å². The SMILES string of the molecule is CS[C@H](CO)[C@H](C)N[C@H]1CCC[C@@H](C(F)(F)F)C1. The normalized spacial score (nSPS) is 29.0. The van der Waals surface area contributed by atoms with Crippen molar-refractivity contribution in [3.8, 4) is 0 Å². The van der Waals surface area contributed by atoms with E-state index < -0.39 is 12.1 Å². The summed E-state index contributed by atoms with van der Waals surface area (Å²) in [5.74, 6) is -1.17. The lowest BCUT2D eigenvalue weighted by Gasteiger charge is -2.34. The molecule has 0 spiro atoms. The first-order chi connectivity index (χ1) is 8.38. The second-order valence-corrected chi connectivity index (χ2v) is 6.09. The number of halogens is 3. The van der Waals surface area contributed by atoms with Gasteiger partial charge in [-0.1, -0.05) is 6.42 Å². The van der Waals surface area contributed by atoms with E-state index in [0.717, 1.165) is 6.42 Å². The van der Waals surface area contributed by atoms with E-state index in [1.807, 2.05) is 13.2 Å². The fraction of sp³-hybridized carbons (Fsp3) is 1.00. The average Bonchev–Trinajstić information content (AvgIpc) is 2.29. The van der Waals surface area contributed by atoms with Crippen molar-refractivity contribution in [1.82, 2.24) is 5.32 Å². The zero-order chi connectivity index (χ0) is 13.8. The maximum atomic E-state index is 12.7. The summed E-state index contributed by atoms with van der Waals surface area (Å²) >= 11 is 1.54. The van der Waals surface area contributed by atoms with E-state index >= 15 is 0 Å². The van der Waals surface area contributed by atoms with E-state index in [4.69, 9.17) is 5.11 Å². The Labute approximate surface area is 111 Å². The number of hydrogen-bond donors (Lipinski definition) is 2. The van der Waals surface area contributed by atoms with Crippen LogP contribution in [0.1, 0.15) is 32.6 Å². The smallest absolute Gasteiger partial charge is 0.391 e. The van der Waals surface area contributed by atoms with Crippen LogP contribution in [0.5, 0.6) is 0 Å². The van der Waals surface area contributed by atoms with Gasteiger partial charge in [0.2, 0.25) is 0 Å². The first-order valence-electron chi connectivity index (χ1n) is 6.35. The molecule has 6 heteroatoms. The summed E-state index contributed by atoms with van der Waals surface area (Å²) in [4.78, 5) is 0. The third-order valence-electron chi connectivity index (χ3n) is 3.68. The summed E-state index contributed by atoms with van der Waals surface area (Å²) in [5, 5.41) is 12.4. The Morgan fingerprint density at radius 1 is 1.39 bits per heavy atom. The second-order valence-electron chi connectivity index (χ2n) is 5.01. The number of nitrogens with one attached hydrogen (secondary N) is 1. The van der Waals surface area contributed by atoms with Gasteiger partial charge in [0.1, 0.15) is 0 Å². The Bertz CT molecular complexity index is 246. The fourth-order valence-corrected chi connectivity index (χ4v) is 3.19. The van der Waals surface area contributed by atoms with Gasteiger partial charge in [0, 0.05) is 17.3 Å². The van der Waals surface area contributed by atoms with E-state index in [-0.39, 0.29) is 36.8 Å². The van der Waals surface area contributed by atoms with Crippen molar-refractivity contribution in [2.45, 2.75) is 56.1 Å². The molecular formula is C12H22F3NOS. The summed E-state index contributed by atoms with van der Waals surface area (Å²) in [6.45, 7) is 1.97. The molecule has 1 rings (SSSR count). The predicted octanol–water partition coefficient (Wildman–Crippen LogP) is 2.81. The Balaban J connectivity index is 2.47. The minimum atomic E-state index is -4.07. The van der Waals surface area contributed by atoms with E-state index in [0.29, 0.717) is 6.42 Å². The number of alkyl halides is 3. The lowest BCUT2D eigenvalue weighted by atomic mass is 9.85. The molecule has 2 N–H and O–H groups in total. The summed E-state index contributed by atoms with van der Waals surface area (Å²) < 4.78 is 38.0. The summed E-state index contributed by atoms with van der Waals surface area (Å²) in [6, 6.07) is -0.0523. The van der Waals surface area contributed by atoms with Crippen LogP contribution in [0.15, 0.2) is 0 Å². The highest BCUT2D eigenvalue weighted by Crippen LogP contribution is 2.37. The highest BCUT2D eigenvalue weighted by atomic mass is 32.2. The molecule has 18 heavy (non-hydrogen) atoms. The maximum absolute atomic E-state index is 12.7. The Morgan fingerprint density at radius 2 is 2.06 bits per heavy atom. The minimum absolute atomic E-state index is 0.0296. The zero-order valence-corrected chi connectivity index (χ0v) is 11.7. The monoisotopic (exact) mass is 285 g/mol. The van der Waals surface area contributed by atoms with Crippen molar-refractivity contribution in [2.75, 3.05) is 12.9 Å². The Hall–Kier alpha value is 0.0600. The van der Waals surface area contributed by atoms with Crippen LogP contribution in [-0.2, 0) is 0 Å². The molecule has 0 unspecified atom stereocenters. The van der Waals surface area contributed by atoms with E-state index in [1.54, 1.807) is 0 Å². The molecule has 0 aliphatic heterocycles. The third-order valence-corrected chi connectivity index (χ3v) is 4.84. The minimum Gasteiger partial charge on any atom is -0.395 e. The number of aliphatic hydroxyl groups is 1. The maximum Gasteiger partial charge on any atom is 0.391 e. The van der Waals surface area contributed by atoms with Gasteiger partial charge in [0.25, 0.3) is 0 Å². The van der Waals surface area contributed by atoms with Crippen LogP contribution < -0.4 is 5.32 Å². The molecule has 0 bridgehead atoms. The van der Waals surface area contributed by atoms with Gasteiger partial charge in [-0.3, -0.25) is 0 Å². The van der Waals surface area contributed by atoms with Crippen LogP contribution in [-0.4, -0.2) is 41.5 Å². The van der Waals surface area contributed by atoms with Crippen LogP contribution in [0.25, 0.3) is 0 Å². The molecule has 108 valence electrons. The van der Waals surface area contributed by atoms with E-state index in [1.165, 1.54) is 11.8 Å². The summed E-state index contributed by atoms with van der Waals surface area (Å²) in [7, 11) is 0. The van der Waals surface area contributed by atoms with Crippen molar-refractivity contribution in [3.05, 3.63) is 0 Å². The van der Waals surface area contributed by atoms with Crippen LogP contribution >= 0.6 is 11.8 Å². The Kier molecular flexibility index (Phi) is 6.27. The molecule has 0 radical (unpaired) electrons. The summed E-state index contributed by atoms with van der Waals surface area (Å²) in [6.07, 6.45) is -0.332. The van der Waals surface area contributed by atoms with Crippen molar-refractivity contribution in [3.63, 3.8) is 0 Å². The molecule has 1 aliphatic carbocycles. The van der Waals surface area contributed by atoms with E-state index in [9.17, 15) is 13.2 Å². The van der Waals surface area contributed by atoms with Crippen molar-refractivity contribution in [2.24, 2.45) is 5.92 Å². The standard InChI is InChI=1S/C12H22F3NOS/c1-8(11(7-17)18-2)16-10-5-3-4-9(6-10)12(13,14)15/h8-11,16-17H,3-7H2,1-2H3/t8-,9+,10-,11+/m0/s1. The lowest BCUT2D eigenvalue weighted by Crippen LogP contribution is -2.47. The molecule has 1 aliphatic rings. The van der Waals surface area contributed by atoms with E-state index in [2.05, 4.69) is 5.32 Å². The van der Waals surface area contributed by atoms with Gasteiger partial charge in [0.05, 0.1) is 12.5 Å². The van der Waals surface area contributed by atoms with Gasteiger partial charge in [-0.15, -0.1) is 0 Å². The van der Waals surface area contributed by atoms with Gasteiger partial charge in [-0.05, 0) is 32.4 Å². The third kappa shape index (κ3) is 4.63. The van der Waals surface area contributed by atoms with Gasteiger partial charge < -0.3 is 10.4 Å². The second kappa shape index (κ2) is 7.01. The predicted molar refractivity (Wildman–Crippen MR) is 68.8 cm³/mol. The summed E-state index contributed by atoms with van der Waals surface area (Å²) in [5.41, 5.74) is 0. The zero-order valence-electron chi connectivity index (χ0n) is 10.8. The molecule has 1 saturated carbocycles. The Morgan fingerprint density at radius 3 is 2.56 bits per heavy atom. The average molecular weight is 285 g/mol. The number of aliphatic hydroxyl groups excluding tert-OH is 1. The van der Waals surface area contributed by atoms with Crippen molar-refractivity contribution >= 4 is 11.8 Å². The topological polar surface area (TPSA) is 32.3 Å². The van der Waals surface area contributed by atoms with Gasteiger partial charge in [-0.2, -0.15) is 24.9 Å². The molecule has 0 aromatic rings. The molecule has 0 aromatic heterocycles. The van der Waals surface area contributed by atoms with Gasteiger partial charge in [0.15, 0.2) is 0 Å². The molecule has 4 atom stereocenters. The number of rotatable bonds is 5. The quantitative estimate of drug-likeness (QED) is 0.814. The van der Waals surface area contributed by atoms with Crippen LogP contribution in [0, 0.1) is 5.92 Å². The molecule has 0 aromatic carbocycles. The molecular weight excluding hydrogens is 263 g/mol. The largest absolute Gasteiger partial charge is 0.395 e. The molecule has 1 fully saturated rings. The fourth-order valence-electron chi connectivity index (χ4n) is 2.55. The highest BCUT2D eigenvalue weighted by Gasteiger charge is 2.42. The van der Waals surface area contributed by atoms with Crippen LogP contribution in [0.3, 0.4) is 0 Å². The van der Waals surface area contributed by atoms with Crippen molar-refractivity contribution in [1.29, 1.82) is 0 Å².